The first-order valence-corrected chi connectivity index (χ1v) is 7.63. The number of rotatable bonds is 3. The maximum absolute atomic E-state index is 5.94. The van der Waals surface area contributed by atoms with Gasteiger partial charge in [-0.2, -0.15) is 0 Å². The van der Waals surface area contributed by atoms with Crippen molar-refractivity contribution in [2.45, 2.75) is 58.2 Å². The van der Waals surface area contributed by atoms with Gasteiger partial charge in [-0.05, 0) is 38.1 Å². The van der Waals surface area contributed by atoms with Crippen LogP contribution in [0.5, 0.6) is 0 Å². The summed E-state index contributed by atoms with van der Waals surface area (Å²) in [6.45, 7) is 6.24. The third kappa shape index (κ3) is 2.67. The zero-order chi connectivity index (χ0) is 13.2. The molecule has 1 saturated heterocycles. The van der Waals surface area contributed by atoms with E-state index >= 15 is 0 Å². The van der Waals surface area contributed by atoms with Gasteiger partial charge in [0.1, 0.15) is 11.6 Å². The Bertz CT molecular complexity index is 427. The Hall–Kier alpha value is -0.940. The first-order chi connectivity index (χ1) is 9.28. The van der Waals surface area contributed by atoms with Crippen LogP contribution >= 0.6 is 0 Å². The van der Waals surface area contributed by atoms with Crippen molar-refractivity contribution in [3.63, 3.8) is 0 Å². The van der Waals surface area contributed by atoms with Gasteiger partial charge in [0.05, 0.1) is 6.54 Å². The second kappa shape index (κ2) is 5.59. The van der Waals surface area contributed by atoms with Crippen LogP contribution in [0, 0.1) is 5.92 Å². The van der Waals surface area contributed by atoms with E-state index < -0.39 is 0 Å². The highest BCUT2D eigenvalue weighted by Gasteiger charge is 2.27. The van der Waals surface area contributed by atoms with Crippen LogP contribution in [0.4, 0.5) is 0 Å². The van der Waals surface area contributed by atoms with E-state index in [1.807, 2.05) is 0 Å². The maximum Gasteiger partial charge on any atom is 0.147 e. The smallest absolute Gasteiger partial charge is 0.147 e. The lowest BCUT2D eigenvalue weighted by atomic mass is 9.92. The number of nitrogens with zero attached hydrogens (tertiary/aromatic N) is 4. The second-order valence-corrected chi connectivity index (χ2v) is 6.13. The zero-order valence-electron chi connectivity index (χ0n) is 11.9. The van der Waals surface area contributed by atoms with E-state index in [0.717, 1.165) is 44.3 Å². The molecular formula is C14H25N5. The maximum atomic E-state index is 5.94. The fourth-order valence-corrected chi connectivity index (χ4v) is 3.42. The van der Waals surface area contributed by atoms with Gasteiger partial charge in [-0.1, -0.05) is 6.92 Å². The molecule has 1 aromatic rings. The van der Waals surface area contributed by atoms with E-state index in [2.05, 4.69) is 26.6 Å². The van der Waals surface area contributed by atoms with Gasteiger partial charge in [-0.3, -0.25) is 4.90 Å². The van der Waals surface area contributed by atoms with Gasteiger partial charge >= 0.3 is 0 Å². The van der Waals surface area contributed by atoms with Crippen LogP contribution in [-0.4, -0.2) is 38.8 Å². The molecule has 0 bridgehead atoms. The standard InChI is InChI=1S/C14H25N5/c1-11-5-7-18(12(8-11)9-15)10-14-17-16-13-4-2-3-6-19(13)14/h11-12H,2-10,15H2,1H3. The minimum absolute atomic E-state index is 0.514. The van der Waals surface area contributed by atoms with Gasteiger partial charge in [-0.25, -0.2) is 0 Å². The number of aromatic nitrogens is 3. The zero-order valence-corrected chi connectivity index (χ0v) is 11.9. The number of nitrogens with two attached hydrogens (primary N) is 1. The molecule has 5 heteroatoms. The first kappa shape index (κ1) is 13.1. The summed E-state index contributed by atoms with van der Waals surface area (Å²) in [4.78, 5) is 2.51. The van der Waals surface area contributed by atoms with E-state index in [9.17, 15) is 0 Å². The van der Waals surface area contributed by atoms with Gasteiger partial charge in [0.2, 0.25) is 0 Å². The normalized spacial score (nSPS) is 28.3. The van der Waals surface area contributed by atoms with Gasteiger partial charge in [0.25, 0.3) is 0 Å². The van der Waals surface area contributed by atoms with Crippen molar-refractivity contribution in [2.24, 2.45) is 11.7 Å². The Morgan fingerprint density at radius 1 is 1.26 bits per heavy atom. The summed E-state index contributed by atoms with van der Waals surface area (Å²) in [5.41, 5.74) is 5.94. The molecule has 0 saturated carbocycles. The lowest BCUT2D eigenvalue weighted by Crippen LogP contribution is -2.46. The Labute approximate surface area is 115 Å². The summed E-state index contributed by atoms with van der Waals surface area (Å²) in [5.74, 6) is 3.12. The third-order valence-corrected chi connectivity index (χ3v) is 4.65. The van der Waals surface area contributed by atoms with Crippen LogP contribution in [0.25, 0.3) is 0 Å². The lowest BCUT2D eigenvalue weighted by Gasteiger charge is -2.37. The largest absolute Gasteiger partial charge is 0.329 e. The van der Waals surface area contributed by atoms with Crippen LogP contribution in [0.15, 0.2) is 0 Å². The highest BCUT2D eigenvalue weighted by Crippen LogP contribution is 2.24. The minimum atomic E-state index is 0.514. The number of piperidine rings is 1. The molecule has 2 atom stereocenters. The van der Waals surface area contributed by atoms with E-state index in [1.165, 1.54) is 31.5 Å². The molecule has 5 nitrogen and oxygen atoms in total. The molecule has 1 fully saturated rings. The van der Waals surface area contributed by atoms with Crippen LogP contribution in [0.1, 0.15) is 44.3 Å². The molecule has 3 rings (SSSR count). The predicted octanol–water partition coefficient (Wildman–Crippen LogP) is 1.17. The number of likely N-dealkylation sites (tertiary alicyclic amines) is 1. The van der Waals surface area contributed by atoms with Crippen molar-refractivity contribution >= 4 is 0 Å². The SMILES string of the molecule is CC1CCN(Cc2nnc3n2CCCC3)C(CN)C1. The minimum Gasteiger partial charge on any atom is -0.329 e. The summed E-state index contributed by atoms with van der Waals surface area (Å²) in [7, 11) is 0. The molecule has 106 valence electrons. The van der Waals surface area contributed by atoms with Crippen molar-refractivity contribution in [3.8, 4) is 0 Å². The highest BCUT2D eigenvalue weighted by atomic mass is 15.3. The predicted molar refractivity (Wildman–Crippen MR) is 74.6 cm³/mol. The van der Waals surface area contributed by atoms with Crippen LogP contribution in [0.3, 0.4) is 0 Å². The van der Waals surface area contributed by atoms with E-state index in [4.69, 9.17) is 5.73 Å². The Balaban J connectivity index is 1.72. The molecule has 0 amide bonds. The second-order valence-electron chi connectivity index (χ2n) is 6.13. The molecule has 1 aromatic heterocycles. The molecular weight excluding hydrogens is 238 g/mol. The molecule has 0 spiro atoms. The molecule has 2 aliphatic rings. The summed E-state index contributed by atoms with van der Waals surface area (Å²) in [5, 5.41) is 8.75. The molecule has 0 aromatic carbocycles. The molecule has 2 unspecified atom stereocenters. The van der Waals surface area contributed by atoms with Crippen LogP contribution in [0.2, 0.25) is 0 Å². The van der Waals surface area contributed by atoms with E-state index in [0.29, 0.717) is 6.04 Å². The van der Waals surface area contributed by atoms with Crippen molar-refractivity contribution in [3.05, 3.63) is 11.6 Å². The topological polar surface area (TPSA) is 60.0 Å². The highest BCUT2D eigenvalue weighted by molar-refractivity contribution is 4.99. The van der Waals surface area contributed by atoms with Crippen molar-refractivity contribution in [1.82, 2.24) is 19.7 Å². The van der Waals surface area contributed by atoms with Crippen molar-refractivity contribution < 1.29 is 0 Å². The molecule has 19 heavy (non-hydrogen) atoms. The van der Waals surface area contributed by atoms with Crippen LogP contribution < -0.4 is 5.73 Å². The summed E-state index contributed by atoms with van der Waals surface area (Å²) >= 11 is 0. The molecule has 2 N–H and O–H groups in total. The number of aryl methyl sites for hydroxylation is 1. The summed E-state index contributed by atoms with van der Waals surface area (Å²) < 4.78 is 2.33. The van der Waals surface area contributed by atoms with E-state index in [-0.39, 0.29) is 0 Å². The van der Waals surface area contributed by atoms with Crippen LogP contribution in [-0.2, 0) is 19.5 Å². The third-order valence-electron chi connectivity index (χ3n) is 4.65. The van der Waals surface area contributed by atoms with Gasteiger partial charge < -0.3 is 10.3 Å². The van der Waals surface area contributed by atoms with Gasteiger partial charge in [0.15, 0.2) is 0 Å². The Morgan fingerprint density at radius 3 is 3.00 bits per heavy atom. The molecule has 0 radical (unpaired) electrons. The number of hydrogen-bond donors (Lipinski definition) is 1. The van der Waals surface area contributed by atoms with Gasteiger partial charge in [-0.15, -0.1) is 10.2 Å². The van der Waals surface area contributed by atoms with Crippen molar-refractivity contribution in [2.75, 3.05) is 13.1 Å². The summed E-state index contributed by atoms with van der Waals surface area (Å²) in [6.07, 6.45) is 6.10. The lowest BCUT2D eigenvalue weighted by molar-refractivity contribution is 0.110. The molecule has 0 aliphatic carbocycles. The Morgan fingerprint density at radius 2 is 2.16 bits per heavy atom. The quantitative estimate of drug-likeness (QED) is 0.889. The fraction of sp³-hybridized carbons (Fsp3) is 0.857. The average Bonchev–Trinajstić information content (AvgIpc) is 2.84. The van der Waals surface area contributed by atoms with E-state index in [1.54, 1.807) is 0 Å². The first-order valence-electron chi connectivity index (χ1n) is 7.63. The molecule has 3 heterocycles. The average molecular weight is 263 g/mol. The number of fused-ring (bicyclic) bond motifs is 1. The van der Waals surface area contributed by atoms with Crippen molar-refractivity contribution in [1.29, 1.82) is 0 Å². The number of hydrogen-bond acceptors (Lipinski definition) is 4. The Kier molecular flexibility index (Phi) is 3.84. The molecule has 2 aliphatic heterocycles. The summed E-state index contributed by atoms with van der Waals surface area (Å²) in [6, 6.07) is 0.514. The van der Waals surface area contributed by atoms with Gasteiger partial charge in [0, 0.05) is 25.6 Å². The monoisotopic (exact) mass is 263 g/mol. The fourth-order valence-electron chi connectivity index (χ4n) is 3.42.